The van der Waals surface area contributed by atoms with Crippen molar-refractivity contribution in [3.8, 4) is 11.5 Å². The summed E-state index contributed by atoms with van der Waals surface area (Å²) in [4.78, 5) is 12.2. The molecule has 220 valence electrons. The molecule has 1 aromatic heterocycles. The highest BCUT2D eigenvalue weighted by atomic mass is 127. The number of aryl methyl sites for hydroxylation is 1. The maximum Gasteiger partial charge on any atom is 0.257 e. The van der Waals surface area contributed by atoms with E-state index in [0.717, 1.165) is 25.8 Å². The van der Waals surface area contributed by atoms with E-state index < -0.39 is 0 Å². The first kappa shape index (κ1) is 35.5. The number of carbonyl (C=O) groups excluding carboxylic acids is 1. The molecule has 0 bridgehead atoms. The third kappa shape index (κ3) is 17.0. The Balaban J connectivity index is 0.00000760. The number of pyridine rings is 1. The largest absolute Gasteiger partial charge is 1.00 e. The lowest BCUT2D eigenvalue weighted by atomic mass is 10.1. The maximum atomic E-state index is 12.2. The summed E-state index contributed by atoms with van der Waals surface area (Å²) >= 11 is 6.37. The molecule has 0 saturated carbocycles. The number of nitrogens with zero attached hydrogens (tertiary/aromatic N) is 1. The summed E-state index contributed by atoms with van der Waals surface area (Å²) < 4.78 is 13.7. The highest BCUT2D eigenvalue weighted by Crippen LogP contribution is 2.29. The molecule has 0 radical (unpaired) electrons. The molecule has 1 heterocycles. The second-order valence-corrected chi connectivity index (χ2v) is 10.6. The second-order valence-electron chi connectivity index (χ2n) is 10.2. The molecule has 0 aliphatic heterocycles. The number of benzene rings is 1. The summed E-state index contributed by atoms with van der Waals surface area (Å²) in [5, 5.41) is 3.42. The first-order valence-electron chi connectivity index (χ1n) is 14.9. The molecule has 1 N–H and O–H groups in total. The van der Waals surface area contributed by atoms with Gasteiger partial charge in [0.05, 0.1) is 11.6 Å². The number of hydrogen-bond donors (Lipinski definition) is 1. The highest BCUT2D eigenvalue weighted by molar-refractivity contribution is 6.32. The lowest BCUT2D eigenvalue weighted by Crippen LogP contribution is -3.00. The summed E-state index contributed by atoms with van der Waals surface area (Å²) in [6, 6.07) is 9.46. The van der Waals surface area contributed by atoms with Crippen LogP contribution >= 0.6 is 11.6 Å². The third-order valence-corrected chi connectivity index (χ3v) is 6.96. The Morgan fingerprint density at radius 2 is 1.54 bits per heavy atom. The second kappa shape index (κ2) is 23.2. The molecule has 7 heteroatoms. The zero-order valence-electron chi connectivity index (χ0n) is 24.2. The number of halogens is 2. The number of aromatic nitrogens is 1. The van der Waals surface area contributed by atoms with Crippen LogP contribution in [0.2, 0.25) is 5.02 Å². The topological polar surface area (TPSA) is 51.4 Å². The zero-order chi connectivity index (χ0) is 27.3. The number of carbonyl (C=O) groups is 1. The van der Waals surface area contributed by atoms with Crippen LogP contribution in [0.25, 0.3) is 0 Å². The van der Waals surface area contributed by atoms with Gasteiger partial charge in [-0.15, -0.1) is 0 Å². The monoisotopic (exact) mass is 672 g/mol. The van der Waals surface area contributed by atoms with Crippen molar-refractivity contribution in [1.82, 2.24) is 5.32 Å². The molecule has 1 aromatic carbocycles. The van der Waals surface area contributed by atoms with E-state index in [0.29, 0.717) is 29.7 Å². The van der Waals surface area contributed by atoms with E-state index in [4.69, 9.17) is 21.1 Å². The predicted octanol–water partition coefficient (Wildman–Crippen LogP) is 4.86. The van der Waals surface area contributed by atoms with Crippen molar-refractivity contribution < 1.29 is 42.8 Å². The Kier molecular flexibility index (Phi) is 21.1. The maximum absolute atomic E-state index is 12.2. The average Bonchev–Trinajstić information content (AvgIpc) is 2.91. The molecule has 0 aliphatic rings. The number of amides is 1. The Hall–Kier alpha value is -1.54. The molecule has 0 spiro atoms. The van der Waals surface area contributed by atoms with Crippen molar-refractivity contribution in [3.05, 3.63) is 53.3 Å². The van der Waals surface area contributed by atoms with Crippen molar-refractivity contribution in [3.63, 3.8) is 0 Å². The Morgan fingerprint density at radius 1 is 0.872 bits per heavy atom. The van der Waals surface area contributed by atoms with Gasteiger partial charge in [-0.05, 0) is 31.0 Å². The summed E-state index contributed by atoms with van der Waals surface area (Å²) in [7, 11) is 0. The first-order chi connectivity index (χ1) is 18.6. The van der Waals surface area contributed by atoms with E-state index in [1.54, 1.807) is 12.1 Å². The smallest absolute Gasteiger partial charge is 0.257 e. The summed E-state index contributed by atoms with van der Waals surface area (Å²) in [6.45, 7) is 6.63. The number of nitrogens with one attached hydrogen (secondary N) is 1. The summed E-state index contributed by atoms with van der Waals surface area (Å²) in [5.41, 5.74) is 1.20. The van der Waals surface area contributed by atoms with Crippen molar-refractivity contribution in [2.24, 2.45) is 0 Å². The summed E-state index contributed by atoms with van der Waals surface area (Å²) in [5.74, 6) is 1.08. The molecule has 0 unspecified atom stereocenters. The van der Waals surface area contributed by atoms with Crippen LogP contribution < -0.4 is 43.3 Å². The molecule has 5 nitrogen and oxygen atoms in total. The van der Waals surface area contributed by atoms with E-state index in [9.17, 15) is 4.79 Å². The van der Waals surface area contributed by atoms with Crippen LogP contribution in [0, 0.1) is 0 Å². The standard InChI is InChI=1S/C32H49ClN2O3.HI/c1-3-5-6-7-8-9-10-11-12-13-14-15-24-37-31-19-18-29(25-30(31)33)38-27-32(36)34-21-20-28-17-16-23-35(26-28)22-4-2;/h16-19,23,25-26H,3-15,20-22,24,27H2,1-2H3;1H. The Labute approximate surface area is 259 Å². The molecule has 0 fully saturated rings. The van der Waals surface area contributed by atoms with Gasteiger partial charge in [0.25, 0.3) is 5.91 Å². The molecule has 0 aliphatic carbocycles. The van der Waals surface area contributed by atoms with Gasteiger partial charge in [0.1, 0.15) is 18.0 Å². The van der Waals surface area contributed by atoms with Gasteiger partial charge in [-0.3, -0.25) is 4.79 Å². The number of rotatable bonds is 22. The van der Waals surface area contributed by atoms with Gasteiger partial charge in [0, 0.05) is 30.7 Å². The Bertz CT molecular complexity index is 913. The van der Waals surface area contributed by atoms with Crippen molar-refractivity contribution in [2.75, 3.05) is 19.8 Å². The minimum absolute atomic E-state index is 0. The van der Waals surface area contributed by atoms with Crippen molar-refractivity contribution in [2.45, 2.75) is 110 Å². The molecule has 2 aromatic rings. The molecule has 2 rings (SSSR count). The average molecular weight is 673 g/mol. The van der Waals surface area contributed by atoms with Crippen LogP contribution in [0.5, 0.6) is 11.5 Å². The SMILES string of the molecule is CCCCCCCCCCCCCCOc1ccc(OCC(=O)NCCc2ccc[n+](CCC)c2)cc1Cl.[I-]. The highest BCUT2D eigenvalue weighted by Gasteiger charge is 2.08. The minimum Gasteiger partial charge on any atom is -1.00 e. The van der Waals surface area contributed by atoms with Crippen LogP contribution in [-0.4, -0.2) is 25.7 Å². The van der Waals surface area contributed by atoms with Gasteiger partial charge in [-0.2, -0.15) is 0 Å². The van der Waals surface area contributed by atoms with Gasteiger partial charge in [-0.25, -0.2) is 4.57 Å². The predicted molar refractivity (Wildman–Crippen MR) is 157 cm³/mol. The van der Waals surface area contributed by atoms with Gasteiger partial charge in [0.2, 0.25) is 0 Å². The first-order valence-corrected chi connectivity index (χ1v) is 15.3. The van der Waals surface area contributed by atoms with E-state index in [-0.39, 0.29) is 36.5 Å². The molecular weight excluding hydrogens is 623 g/mol. The number of hydrogen-bond acceptors (Lipinski definition) is 3. The van der Waals surface area contributed by atoms with E-state index >= 15 is 0 Å². The van der Waals surface area contributed by atoms with Crippen LogP contribution in [0.1, 0.15) is 103 Å². The lowest BCUT2D eigenvalue weighted by Gasteiger charge is -2.11. The number of unbranched alkanes of at least 4 members (excludes halogenated alkanes) is 11. The molecule has 0 saturated heterocycles. The fourth-order valence-electron chi connectivity index (χ4n) is 4.48. The Morgan fingerprint density at radius 3 is 2.18 bits per heavy atom. The zero-order valence-corrected chi connectivity index (χ0v) is 27.1. The van der Waals surface area contributed by atoms with Crippen molar-refractivity contribution >= 4 is 17.5 Å². The van der Waals surface area contributed by atoms with Crippen LogP contribution in [0.3, 0.4) is 0 Å². The van der Waals surface area contributed by atoms with Crippen molar-refractivity contribution in [1.29, 1.82) is 0 Å². The van der Waals surface area contributed by atoms with Gasteiger partial charge >= 0.3 is 0 Å². The van der Waals surface area contributed by atoms with Crippen LogP contribution in [0.15, 0.2) is 42.7 Å². The fourth-order valence-corrected chi connectivity index (χ4v) is 4.71. The lowest BCUT2D eigenvalue weighted by molar-refractivity contribution is -0.697. The molecule has 39 heavy (non-hydrogen) atoms. The van der Waals surface area contributed by atoms with E-state index in [1.165, 1.54) is 76.2 Å². The van der Waals surface area contributed by atoms with Crippen LogP contribution in [-0.2, 0) is 17.8 Å². The van der Waals surface area contributed by atoms with Gasteiger partial charge in [-0.1, -0.05) is 96.1 Å². The molecular formula is C32H50ClIN2O3. The number of ether oxygens (including phenoxy) is 2. The minimum atomic E-state index is -0.147. The van der Waals surface area contributed by atoms with Gasteiger partial charge in [0.15, 0.2) is 19.0 Å². The van der Waals surface area contributed by atoms with Gasteiger partial charge < -0.3 is 38.8 Å². The fraction of sp³-hybridized carbons (Fsp3) is 0.625. The van der Waals surface area contributed by atoms with E-state index in [2.05, 4.69) is 42.2 Å². The molecule has 1 amide bonds. The summed E-state index contributed by atoms with van der Waals surface area (Å²) in [6.07, 6.45) is 21.9. The normalized spacial score (nSPS) is 10.6. The van der Waals surface area contributed by atoms with E-state index in [1.807, 2.05) is 12.1 Å². The molecule has 0 atom stereocenters. The van der Waals surface area contributed by atoms with Crippen LogP contribution in [0.4, 0.5) is 0 Å². The third-order valence-electron chi connectivity index (χ3n) is 6.67. The quantitative estimate of drug-likeness (QED) is 0.111.